The van der Waals surface area contributed by atoms with Gasteiger partial charge in [0.05, 0.1) is 34.9 Å². The average Bonchev–Trinajstić information content (AvgIpc) is 4.07. The van der Waals surface area contributed by atoms with E-state index in [0.29, 0.717) is 27.9 Å². The molecule has 0 spiro atoms. The lowest BCUT2D eigenvalue weighted by atomic mass is 9.98. The van der Waals surface area contributed by atoms with Crippen LogP contribution in [0.4, 0.5) is 29.9 Å². The highest BCUT2D eigenvalue weighted by Crippen LogP contribution is 2.44. The average molecular weight is 820 g/mol. The van der Waals surface area contributed by atoms with Gasteiger partial charge in [0.25, 0.3) is 5.91 Å². The van der Waals surface area contributed by atoms with E-state index >= 15 is 4.39 Å². The third-order valence-electron chi connectivity index (χ3n) is 11.6. The number of para-hydroxylation sites is 1. The molecule has 0 radical (unpaired) electrons. The molecule has 1 aliphatic carbocycles. The third kappa shape index (κ3) is 6.32. The van der Waals surface area contributed by atoms with E-state index in [1.807, 2.05) is 48.5 Å². The number of amides is 4. The largest absolute Gasteiger partial charge is 0.454 e. The summed E-state index contributed by atoms with van der Waals surface area (Å²) in [5.41, 5.74) is 12.2. The maximum atomic E-state index is 15.7. The fraction of sp³-hybridized carbons (Fsp3) is 0.152. The molecule has 3 aliphatic rings. The van der Waals surface area contributed by atoms with Crippen LogP contribution in [0.3, 0.4) is 0 Å². The number of aryl methyl sites for hydroxylation is 1. The molecule has 10 rings (SSSR count). The lowest BCUT2D eigenvalue weighted by molar-refractivity contribution is -0.119. The molecule has 0 saturated carbocycles. The molecule has 5 aromatic carbocycles. The van der Waals surface area contributed by atoms with E-state index in [0.717, 1.165) is 33.2 Å². The van der Waals surface area contributed by atoms with Crippen molar-refractivity contribution in [2.75, 3.05) is 23.8 Å². The van der Waals surface area contributed by atoms with Gasteiger partial charge >= 0.3 is 12.1 Å². The number of nitrogens with zero attached hydrogens (tertiary/aromatic N) is 4. The Labute approximate surface area is 346 Å². The van der Waals surface area contributed by atoms with Crippen LogP contribution in [0.15, 0.2) is 115 Å². The minimum absolute atomic E-state index is 0.0289. The molecule has 2 atom stereocenters. The number of ether oxygens (including phenoxy) is 2. The lowest BCUT2D eigenvalue weighted by Gasteiger charge is -2.20. The van der Waals surface area contributed by atoms with Gasteiger partial charge in [0.1, 0.15) is 30.0 Å². The fourth-order valence-corrected chi connectivity index (χ4v) is 8.67. The molecule has 2 saturated heterocycles. The fourth-order valence-electron chi connectivity index (χ4n) is 8.67. The summed E-state index contributed by atoms with van der Waals surface area (Å²) in [6.45, 7) is 1.93. The van der Waals surface area contributed by atoms with E-state index in [4.69, 9.17) is 15.2 Å². The van der Waals surface area contributed by atoms with Crippen LogP contribution in [0, 0.1) is 18.6 Å². The summed E-state index contributed by atoms with van der Waals surface area (Å²) in [6, 6.07) is 28.8. The zero-order valence-corrected chi connectivity index (χ0v) is 32.4. The Morgan fingerprint density at radius 1 is 0.885 bits per heavy atom. The molecule has 4 amide bonds. The van der Waals surface area contributed by atoms with Crippen LogP contribution in [-0.2, 0) is 9.53 Å². The predicted octanol–water partition coefficient (Wildman–Crippen LogP) is 7.99. The van der Waals surface area contributed by atoms with Crippen LogP contribution in [-0.4, -0.2) is 68.7 Å². The van der Waals surface area contributed by atoms with Crippen molar-refractivity contribution in [1.29, 1.82) is 0 Å². The molecule has 15 heteroatoms. The summed E-state index contributed by atoms with van der Waals surface area (Å²) in [7, 11) is 0. The second-order valence-electron chi connectivity index (χ2n) is 15.3. The number of benzene rings is 5. The molecule has 2 aromatic heterocycles. The zero-order valence-electron chi connectivity index (χ0n) is 32.4. The minimum Gasteiger partial charge on any atom is -0.454 e. The van der Waals surface area contributed by atoms with Crippen molar-refractivity contribution in [3.63, 3.8) is 0 Å². The van der Waals surface area contributed by atoms with Crippen molar-refractivity contribution in [1.82, 2.24) is 25.0 Å². The van der Waals surface area contributed by atoms with Crippen molar-refractivity contribution in [2.45, 2.75) is 31.3 Å². The predicted molar refractivity (Wildman–Crippen MR) is 221 cm³/mol. The number of hydrogen-bond donors (Lipinski definition) is 3. The molecule has 2 fully saturated rings. The molecule has 2 unspecified atom stereocenters. The summed E-state index contributed by atoms with van der Waals surface area (Å²) in [4.78, 5) is 59.2. The number of fused-ring (bicyclic) bond motifs is 5. The number of urea groups is 1. The molecule has 0 bridgehead atoms. The topological polar surface area (TPSA) is 165 Å². The van der Waals surface area contributed by atoms with E-state index < -0.39 is 47.5 Å². The quantitative estimate of drug-likeness (QED) is 0.0975. The summed E-state index contributed by atoms with van der Waals surface area (Å²) in [5.74, 6) is -2.13. The molecule has 13 nitrogen and oxygen atoms in total. The zero-order chi connectivity index (χ0) is 42.1. The minimum atomic E-state index is -0.916. The van der Waals surface area contributed by atoms with Gasteiger partial charge in [-0.2, -0.15) is 5.10 Å². The van der Waals surface area contributed by atoms with Gasteiger partial charge in [0, 0.05) is 23.4 Å². The Balaban J connectivity index is 0.805. The Kier molecular flexibility index (Phi) is 8.89. The monoisotopic (exact) mass is 819 g/mol. The van der Waals surface area contributed by atoms with E-state index in [1.165, 1.54) is 40.0 Å². The van der Waals surface area contributed by atoms with E-state index in [1.54, 1.807) is 37.3 Å². The van der Waals surface area contributed by atoms with E-state index in [9.17, 15) is 23.6 Å². The van der Waals surface area contributed by atoms with Crippen molar-refractivity contribution < 1.29 is 37.4 Å². The van der Waals surface area contributed by atoms with Crippen molar-refractivity contribution >= 4 is 46.2 Å². The number of nitrogen functional groups attached to an aromatic ring is 1. The first kappa shape index (κ1) is 37.5. The number of hydrogen-bond acceptors (Lipinski definition) is 8. The Morgan fingerprint density at radius 2 is 1.61 bits per heavy atom. The highest BCUT2D eigenvalue weighted by Gasteiger charge is 2.52. The van der Waals surface area contributed by atoms with Crippen LogP contribution in [0.2, 0.25) is 0 Å². The van der Waals surface area contributed by atoms with E-state index in [-0.39, 0.29) is 54.0 Å². The molecule has 304 valence electrons. The van der Waals surface area contributed by atoms with Crippen LogP contribution >= 0.6 is 0 Å². The lowest BCUT2D eigenvalue weighted by Crippen LogP contribution is -2.41. The number of nitrogens with one attached hydrogen (secondary N) is 2. The van der Waals surface area contributed by atoms with Crippen LogP contribution < -0.4 is 20.7 Å². The maximum absolute atomic E-state index is 15.7. The highest BCUT2D eigenvalue weighted by atomic mass is 19.1. The molecule has 61 heavy (non-hydrogen) atoms. The normalized spacial score (nSPS) is 16.8. The van der Waals surface area contributed by atoms with Crippen LogP contribution in [0.5, 0.6) is 11.5 Å². The first-order valence-corrected chi connectivity index (χ1v) is 19.5. The maximum Gasteiger partial charge on any atom is 0.407 e. The van der Waals surface area contributed by atoms with Crippen molar-refractivity contribution in [2.24, 2.45) is 0 Å². The van der Waals surface area contributed by atoms with Gasteiger partial charge < -0.3 is 30.4 Å². The number of rotatable bonds is 9. The number of carbonyl (C=O) groups excluding carboxylic acids is 4. The molecular weight excluding hydrogens is 785 g/mol. The number of anilines is 2. The van der Waals surface area contributed by atoms with Crippen LogP contribution in [0.1, 0.15) is 45.1 Å². The first-order chi connectivity index (χ1) is 29.5. The van der Waals surface area contributed by atoms with Gasteiger partial charge in [-0.05, 0) is 89.7 Å². The van der Waals surface area contributed by atoms with Gasteiger partial charge in [-0.1, -0.05) is 60.7 Å². The van der Waals surface area contributed by atoms with Gasteiger partial charge in [-0.3, -0.25) is 9.59 Å². The number of carbonyl (C=O) groups is 4. The summed E-state index contributed by atoms with van der Waals surface area (Å²) in [5, 5.41) is 7.46. The Morgan fingerprint density at radius 3 is 2.33 bits per heavy atom. The summed E-state index contributed by atoms with van der Waals surface area (Å²) < 4.78 is 42.6. The van der Waals surface area contributed by atoms with Crippen LogP contribution in [0.25, 0.3) is 27.7 Å². The number of alkyl carbamates (subject to hydrolysis) is 1. The second-order valence-corrected chi connectivity index (χ2v) is 15.3. The number of ketones is 1. The number of imide groups is 1. The Hall–Kier alpha value is -7.81. The summed E-state index contributed by atoms with van der Waals surface area (Å²) in [6.07, 6.45) is 0.781. The number of H-pyrrole nitrogens is 1. The smallest absolute Gasteiger partial charge is 0.407 e. The molecule has 2 aliphatic heterocycles. The third-order valence-corrected chi connectivity index (χ3v) is 11.6. The standard InChI is InChI=1S/C46H35F2N7O6/c1-24-16-27(61-41-13-7-6-12-34(41)47)14-15-38(24)55-43(49)32(21-50-55)42(56)37-18-25-17-35(48)39(20-36(25)52-37)54-44(57)40-19-26(22-53(40)46(54)59)51-45(58)60-23-33-30-10-4-2-8-28(30)29-9-3-5-11-31(29)33/h2-18,20-21,26,33,40,52H,19,22-23,49H2,1H3,(H,51,58). The number of halogens is 2. The molecule has 4 heterocycles. The molecule has 7 aromatic rings. The highest BCUT2D eigenvalue weighted by molar-refractivity contribution is 6.22. The van der Waals surface area contributed by atoms with Gasteiger partial charge in [-0.15, -0.1) is 0 Å². The number of aromatic nitrogens is 3. The molecular formula is C46H35F2N7O6. The first-order valence-electron chi connectivity index (χ1n) is 19.5. The molecule has 4 N–H and O–H groups in total. The van der Waals surface area contributed by atoms with Crippen molar-refractivity contribution in [3.05, 3.63) is 155 Å². The van der Waals surface area contributed by atoms with Gasteiger partial charge in [0.2, 0.25) is 5.78 Å². The van der Waals surface area contributed by atoms with Gasteiger partial charge in [0.15, 0.2) is 11.6 Å². The number of aromatic amines is 1. The Bertz CT molecular complexity index is 2910. The van der Waals surface area contributed by atoms with Crippen molar-refractivity contribution in [3.8, 4) is 28.3 Å². The van der Waals surface area contributed by atoms with Gasteiger partial charge in [-0.25, -0.2) is 28.0 Å². The second kappa shape index (κ2) is 14.5. The SMILES string of the molecule is Cc1cc(Oc2ccccc2F)ccc1-n1ncc(C(=O)c2cc3cc(F)c(N4C(=O)C5CC(NC(=O)OCC6c7ccccc7-c7ccccc76)CN5C4=O)cc3[nH]2)c1N. The van der Waals surface area contributed by atoms with E-state index in [2.05, 4.69) is 15.4 Å². The number of nitrogens with two attached hydrogens (primary N) is 1. The summed E-state index contributed by atoms with van der Waals surface area (Å²) >= 11 is 0.